The molecule has 5 aromatic rings. The lowest BCUT2D eigenvalue weighted by atomic mass is 10.1. The van der Waals surface area contributed by atoms with E-state index in [9.17, 15) is 0 Å². The van der Waals surface area contributed by atoms with E-state index in [0.717, 1.165) is 16.8 Å². The van der Waals surface area contributed by atoms with Gasteiger partial charge < -0.3 is 8.94 Å². The van der Waals surface area contributed by atoms with Gasteiger partial charge in [0.15, 0.2) is 0 Å². The van der Waals surface area contributed by atoms with Crippen molar-refractivity contribution in [2.24, 2.45) is 0 Å². The summed E-state index contributed by atoms with van der Waals surface area (Å²) in [5.41, 5.74) is 5.52. The fourth-order valence-electron chi connectivity index (χ4n) is 3.34. The maximum atomic E-state index is 5.94. The molecule has 32 heavy (non-hydrogen) atoms. The Labute approximate surface area is 187 Å². The maximum Gasteiger partial charge on any atom is 0.253 e. The van der Waals surface area contributed by atoms with Crippen molar-refractivity contribution in [2.45, 2.75) is 31.7 Å². The number of hydrogen-bond acceptors (Lipinski definition) is 9. The Bertz CT molecular complexity index is 1370. The van der Waals surface area contributed by atoms with Gasteiger partial charge in [0.25, 0.3) is 5.89 Å². The average Bonchev–Trinajstić information content (AvgIpc) is 3.54. The molecule has 5 rings (SSSR count). The van der Waals surface area contributed by atoms with E-state index in [0.29, 0.717) is 39.7 Å². The molecular formula is C22H19N7O2S. The smallest absolute Gasteiger partial charge is 0.253 e. The second-order valence-electron chi connectivity index (χ2n) is 7.21. The summed E-state index contributed by atoms with van der Waals surface area (Å²) in [4.78, 5) is 0. The molecule has 0 aliphatic carbocycles. The van der Waals surface area contributed by atoms with Crippen LogP contribution in [0.2, 0.25) is 0 Å². The van der Waals surface area contributed by atoms with Crippen LogP contribution in [-0.4, -0.2) is 35.6 Å². The van der Waals surface area contributed by atoms with Gasteiger partial charge in [-0.05, 0) is 48.4 Å². The minimum Gasteiger partial charge on any atom is -0.420 e. The van der Waals surface area contributed by atoms with Gasteiger partial charge in [-0.15, -0.1) is 15.3 Å². The summed E-state index contributed by atoms with van der Waals surface area (Å²) in [6.45, 7) is 5.94. The molecule has 0 unspecified atom stereocenters. The second kappa shape index (κ2) is 8.39. The van der Waals surface area contributed by atoms with Gasteiger partial charge >= 0.3 is 0 Å². The minimum absolute atomic E-state index is 0.368. The standard InChI is InChI=1S/C22H19N7O2S/c1-13-8-7-11-17(14(13)2)29-22(25-27-28-29)32-12-18-23-24-21(30-18)19-15(3)31-26-20(19)16-9-5-4-6-10-16/h4-11H,12H2,1-3H3. The molecule has 9 nitrogen and oxygen atoms in total. The molecule has 160 valence electrons. The van der Waals surface area contributed by atoms with Crippen LogP contribution in [0.3, 0.4) is 0 Å². The van der Waals surface area contributed by atoms with Gasteiger partial charge in [0.05, 0.1) is 11.4 Å². The summed E-state index contributed by atoms with van der Waals surface area (Å²) in [5, 5.41) is 25.4. The Morgan fingerprint density at radius 2 is 1.78 bits per heavy atom. The second-order valence-corrected chi connectivity index (χ2v) is 8.15. The van der Waals surface area contributed by atoms with Crippen molar-refractivity contribution in [1.29, 1.82) is 0 Å². The highest BCUT2D eigenvalue weighted by Gasteiger charge is 2.22. The van der Waals surface area contributed by atoms with Gasteiger partial charge in [0.1, 0.15) is 17.0 Å². The fourth-order valence-corrected chi connectivity index (χ4v) is 4.06. The first kappa shape index (κ1) is 20.1. The molecule has 0 bridgehead atoms. The van der Waals surface area contributed by atoms with Crippen LogP contribution in [0.15, 0.2) is 62.6 Å². The first-order chi connectivity index (χ1) is 15.6. The van der Waals surface area contributed by atoms with Crippen LogP contribution < -0.4 is 0 Å². The predicted molar refractivity (Wildman–Crippen MR) is 118 cm³/mol. The van der Waals surface area contributed by atoms with Crippen molar-refractivity contribution in [3.63, 3.8) is 0 Å². The zero-order valence-corrected chi connectivity index (χ0v) is 18.5. The lowest BCUT2D eigenvalue weighted by Gasteiger charge is -2.08. The molecule has 0 N–H and O–H groups in total. The van der Waals surface area contributed by atoms with Crippen molar-refractivity contribution in [1.82, 2.24) is 35.6 Å². The number of aromatic nitrogens is 7. The van der Waals surface area contributed by atoms with Gasteiger partial charge in [-0.2, -0.15) is 4.68 Å². The summed E-state index contributed by atoms with van der Waals surface area (Å²) >= 11 is 1.42. The summed E-state index contributed by atoms with van der Waals surface area (Å²) in [7, 11) is 0. The molecule has 10 heteroatoms. The topological polar surface area (TPSA) is 109 Å². The SMILES string of the molecule is Cc1cccc(-n2nnnc2SCc2nnc(-c3c(-c4ccccc4)noc3C)o2)c1C. The largest absolute Gasteiger partial charge is 0.420 e. The number of benzene rings is 2. The van der Waals surface area contributed by atoms with Gasteiger partial charge in [-0.3, -0.25) is 0 Å². The van der Waals surface area contributed by atoms with E-state index in [2.05, 4.69) is 50.8 Å². The van der Waals surface area contributed by atoms with Crippen LogP contribution in [0.4, 0.5) is 0 Å². The highest BCUT2D eigenvalue weighted by molar-refractivity contribution is 7.98. The molecule has 2 aromatic carbocycles. The van der Waals surface area contributed by atoms with E-state index in [4.69, 9.17) is 8.94 Å². The van der Waals surface area contributed by atoms with Crippen LogP contribution in [0.25, 0.3) is 28.4 Å². The van der Waals surface area contributed by atoms with Crippen molar-refractivity contribution < 1.29 is 8.94 Å². The zero-order chi connectivity index (χ0) is 22.1. The third kappa shape index (κ3) is 3.69. The van der Waals surface area contributed by atoms with Crippen LogP contribution in [0.1, 0.15) is 22.8 Å². The fraction of sp³-hybridized carbons (Fsp3) is 0.182. The molecule has 0 spiro atoms. The summed E-state index contributed by atoms with van der Waals surface area (Å²) in [6.07, 6.45) is 0. The summed E-state index contributed by atoms with van der Waals surface area (Å²) in [5.74, 6) is 1.86. The summed E-state index contributed by atoms with van der Waals surface area (Å²) < 4.78 is 13.1. The van der Waals surface area contributed by atoms with Crippen LogP contribution in [-0.2, 0) is 5.75 Å². The normalized spacial score (nSPS) is 11.2. The molecule has 0 saturated heterocycles. The average molecular weight is 446 g/mol. The van der Waals surface area contributed by atoms with Crippen LogP contribution in [0.5, 0.6) is 0 Å². The third-order valence-corrected chi connectivity index (χ3v) is 6.06. The Hall–Kier alpha value is -3.79. The summed E-state index contributed by atoms with van der Waals surface area (Å²) in [6, 6.07) is 15.8. The number of hydrogen-bond donors (Lipinski definition) is 0. The molecule has 0 atom stereocenters. The van der Waals surface area contributed by atoms with Gasteiger partial charge in [0, 0.05) is 5.56 Å². The molecule has 0 aliphatic heterocycles. The maximum absolute atomic E-state index is 5.94. The minimum atomic E-state index is 0.368. The zero-order valence-electron chi connectivity index (χ0n) is 17.7. The Balaban J connectivity index is 1.38. The Kier molecular flexibility index (Phi) is 5.28. The van der Waals surface area contributed by atoms with E-state index >= 15 is 0 Å². The number of thioether (sulfide) groups is 1. The highest BCUT2D eigenvalue weighted by Crippen LogP contribution is 2.34. The molecule has 0 aliphatic rings. The van der Waals surface area contributed by atoms with E-state index in [-0.39, 0.29) is 0 Å². The molecule has 3 heterocycles. The van der Waals surface area contributed by atoms with Crippen molar-refractivity contribution >= 4 is 11.8 Å². The van der Waals surface area contributed by atoms with E-state index in [1.807, 2.05) is 49.4 Å². The lowest BCUT2D eigenvalue weighted by molar-refractivity contribution is 0.399. The van der Waals surface area contributed by atoms with Gasteiger partial charge in [-0.1, -0.05) is 59.4 Å². The van der Waals surface area contributed by atoms with Crippen LogP contribution >= 0.6 is 11.8 Å². The number of rotatable bonds is 6. The molecule has 0 fully saturated rings. The monoisotopic (exact) mass is 445 g/mol. The van der Waals surface area contributed by atoms with E-state index in [1.165, 1.54) is 17.3 Å². The van der Waals surface area contributed by atoms with Crippen molar-refractivity contribution in [3.8, 4) is 28.4 Å². The third-order valence-electron chi connectivity index (χ3n) is 5.16. The molecule has 0 saturated carbocycles. The van der Waals surface area contributed by atoms with Crippen LogP contribution in [0, 0.1) is 20.8 Å². The number of nitrogens with zero attached hydrogens (tertiary/aromatic N) is 7. The Morgan fingerprint density at radius 3 is 2.62 bits per heavy atom. The van der Waals surface area contributed by atoms with Crippen molar-refractivity contribution in [2.75, 3.05) is 0 Å². The molecule has 0 radical (unpaired) electrons. The highest BCUT2D eigenvalue weighted by atomic mass is 32.2. The molecular weight excluding hydrogens is 426 g/mol. The molecule has 3 aromatic heterocycles. The first-order valence-electron chi connectivity index (χ1n) is 9.94. The van der Waals surface area contributed by atoms with Gasteiger partial charge in [-0.25, -0.2) is 0 Å². The Morgan fingerprint density at radius 1 is 0.938 bits per heavy atom. The predicted octanol–water partition coefficient (Wildman–Crippen LogP) is 4.58. The first-order valence-corrected chi connectivity index (χ1v) is 10.9. The molecule has 0 amide bonds. The van der Waals surface area contributed by atoms with E-state index < -0.39 is 0 Å². The number of tetrazole rings is 1. The van der Waals surface area contributed by atoms with Gasteiger partial charge in [0.2, 0.25) is 11.0 Å². The number of aryl methyl sites for hydroxylation is 2. The quantitative estimate of drug-likeness (QED) is 0.347. The van der Waals surface area contributed by atoms with Crippen molar-refractivity contribution in [3.05, 3.63) is 71.3 Å². The van der Waals surface area contributed by atoms with E-state index in [1.54, 1.807) is 4.68 Å². The lowest BCUT2D eigenvalue weighted by Crippen LogP contribution is -2.02.